The minimum atomic E-state index is -2.60. The lowest BCUT2D eigenvalue weighted by Crippen LogP contribution is -2.50. The number of halogens is 3. The van der Waals surface area contributed by atoms with Crippen molar-refractivity contribution in [2.45, 2.75) is 24.8 Å². The quantitative estimate of drug-likeness (QED) is 0.857. The van der Waals surface area contributed by atoms with Gasteiger partial charge < -0.3 is 10.3 Å². The topological polar surface area (TPSA) is 44.9 Å². The first kappa shape index (κ1) is 10.6. The van der Waals surface area contributed by atoms with Gasteiger partial charge in [-0.3, -0.25) is 4.79 Å². The van der Waals surface area contributed by atoms with Crippen molar-refractivity contribution in [3.05, 3.63) is 22.4 Å². The van der Waals surface area contributed by atoms with Gasteiger partial charge in [0.05, 0.1) is 0 Å². The molecule has 1 saturated carbocycles. The van der Waals surface area contributed by atoms with Crippen LogP contribution in [0.1, 0.15) is 23.3 Å². The van der Waals surface area contributed by atoms with E-state index in [4.69, 9.17) is 0 Å². The van der Waals surface area contributed by atoms with Crippen LogP contribution in [0.15, 0.2) is 16.7 Å². The van der Waals surface area contributed by atoms with Crippen LogP contribution < -0.4 is 5.32 Å². The molecule has 0 radical (unpaired) electrons. The molecule has 6 heteroatoms. The Balaban J connectivity index is 1.89. The first-order valence-corrected chi connectivity index (χ1v) is 5.28. The van der Waals surface area contributed by atoms with E-state index in [2.05, 4.69) is 26.2 Å². The van der Waals surface area contributed by atoms with Gasteiger partial charge in [0, 0.05) is 29.6 Å². The summed E-state index contributed by atoms with van der Waals surface area (Å²) in [5.41, 5.74) is 0.372. The molecule has 0 saturated heterocycles. The summed E-state index contributed by atoms with van der Waals surface area (Å²) in [6.45, 7) is 0. The number of carbonyl (C=O) groups is 1. The molecule has 1 amide bonds. The standard InChI is InChI=1S/C9H9BrF2N2O/c10-5-1-7(13-4-5)8(15)14-6-2-9(11,12)3-6/h1,4,6,13H,2-3H2,(H,14,15). The van der Waals surface area contributed by atoms with E-state index in [0.717, 1.165) is 4.47 Å². The van der Waals surface area contributed by atoms with Crippen LogP contribution >= 0.6 is 15.9 Å². The average molecular weight is 279 g/mol. The molecule has 1 aliphatic carbocycles. The van der Waals surface area contributed by atoms with Gasteiger partial charge in [0.1, 0.15) is 5.69 Å². The molecule has 0 atom stereocenters. The predicted molar refractivity (Wildman–Crippen MR) is 53.9 cm³/mol. The van der Waals surface area contributed by atoms with Gasteiger partial charge in [-0.1, -0.05) is 0 Å². The number of hydrogen-bond acceptors (Lipinski definition) is 1. The first-order chi connectivity index (χ1) is 6.96. The highest BCUT2D eigenvalue weighted by Crippen LogP contribution is 2.37. The molecule has 0 aliphatic heterocycles. The number of rotatable bonds is 2. The van der Waals surface area contributed by atoms with Crippen LogP contribution in [0.5, 0.6) is 0 Å². The Hall–Kier alpha value is -0.910. The van der Waals surface area contributed by atoms with E-state index < -0.39 is 12.0 Å². The van der Waals surface area contributed by atoms with Crippen molar-refractivity contribution >= 4 is 21.8 Å². The summed E-state index contributed by atoms with van der Waals surface area (Å²) >= 11 is 3.18. The van der Waals surface area contributed by atoms with Gasteiger partial charge in [0.15, 0.2) is 0 Å². The van der Waals surface area contributed by atoms with Crippen molar-refractivity contribution in [3.8, 4) is 0 Å². The molecule has 82 valence electrons. The van der Waals surface area contributed by atoms with E-state index in [-0.39, 0.29) is 18.7 Å². The van der Waals surface area contributed by atoms with Gasteiger partial charge in [-0.25, -0.2) is 8.78 Å². The van der Waals surface area contributed by atoms with E-state index >= 15 is 0 Å². The molecule has 1 heterocycles. The molecule has 2 rings (SSSR count). The third-order valence-electron chi connectivity index (χ3n) is 2.32. The summed E-state index contributed by atoms with van der Waals surface area (Å²) in [6.07, 6.45) is 1.09. The molecular weight excluding hydrogens is 270 g/mol. The maximum atomic E-state index is 12.5. The second-order valence-corrected chi connectivity index (χ2v) is 4.58. The predicted octanol–water partition coefficient (Wildman–Crippen LogP) is 2.30. The highest BCUT2D eigenvalue weighted by atomic mass is 79.9. The zero-order valence-corrected chi connectivity index (χ0v) is 9.27. The fraction of sp³-hybridized carbons (Fsp3) is 0.444. The van der Waals surface area contributed by atoms with Crippen LogP contribution in [-0.2, 0) is 0 Å². The third-order valence-corrected chi connectivity index (χ3v) is 2.78. The first-order valence-electron chi connectivity index (χ1n) is 4.49. The molecule has 1 aromatic rings. The molecule has 0 spiro atoms. The van der Waals surface area contributed by atoms with Gasteiger partial charge in [-0.2, -0.15) is 0 Å². The smallest absolute Gasteiger partial charge is 0.267 e. The number of alkyl halides is 2. The summed E-state index contributed by atoms with van der Waals surface area (Å²) in [4.78, 5) is 14.2. The minimum Gasteiger partial charge on any atom is -0.356 e. The maximum Gasteiger partial charge on any atom is 0.267 e. The highest BCUT2D eigenvalue weighted by molar-refractivity contribution is 9.10. The Morgan fingerprint density at radius 2 is 2.27 bits per heavy atom. The summed E-state index contributed by atoms with van der Waals surface area (Å²) in [7, 11) is 0. The lowest BCUT2D eigenvalue weighted by atomic mass is 9.88. The van der Waals surface area contributed by atoms with E-state index in [1.807, 2.05) is 0 Å². The molecule has 0 aromatic carbocycles. The second kappa shape index (κ2) is 3.59. The Morgan fingerprint density at radius 1 is 1.60 bits per heavy atom. The normalized spacial score (nSPS) is 19.7. The fourth-order valence-electron chi connectivity index (χ4n) is 1.53. The molecule has 2 N–H and O–H groups in total. The SMILES string of the molecule is O=C(NC1CC(F)(F)C1)c1cc(Br)c[nH]1. The molecule has 1 fully saturated rings. The minimum absolute atomic E-state index is 0.263. The van der Waals surface area contributed by atoms with Crippen LogP contribution in [0.3, 0.4) is 0 Å². The van der Waals surface area contributed by atoms with Crippen LogP contribution in [0.2, 0.25) is 0 Å². The van der Waals surface area contributed by atoms with Crippen LogP contribution in [-0.4, -0.2) is 22.9 Å². The number of aromatic amines is 1. The Morgan fingerprint density at radius 3 is 2.73 bits per heavy atom. The van der Waals surface area contributed by atoms with E-state index in [0.29, 0.717) is 5.69 Å². The van der Waals surface area contributed by atoms with Gasteiger partial charge in [0.25, 0.3) is 11.8 Å². The number of aromatic nitrogens is 1. The lowest BCUT2D eigenvalue weighted by Gasteiger charge is -2.35. The number of H-pyrrole nitrogens is 1. The van der Waals surface area contributed by atoms with E-state index in [1.54, 1.807) is 12.3 Å². The molecular formula is C9H9BrF2N2O. The van der Waals surface area contributed by atoms with Crippen molar-refractivity contribution in [1.82, 2.24) is 10.3 Å². The summed E-state index contributed by atoms with van der Waals surface area (Å²) in [6, 6.07) is 1.20. The molecule has 15 heavy (non-hydrogen) atoms. The lowest BCUT2D eigenvalue weighted by molar-refractivity contribution is -0.0901. The van der Waals surface area contributed by atoms with Crippen molar-refractivity contribution in [2.75, 3.05) is 0 Å². The second-order valence-electron chi connectivity index (χ2n) is 3.67. The van der Waals surface area contributed by atoms with Crippen LogP contribution in [0.4, 0.5) is 8.78 Å². The fourth-order valence-corrected chi connectivity index (χ4v) is 1.87. The highest BCUT2D eigenvalue weighted by Gasteiger charge is 2.45. The van der Waals surface area contributed by atoms with Gasteiger partial charge >= 0.3 is 0 Å². The van der Waals surface area contributed by atoms with Crippen LogP contribution in [0, 0.1) is 0 Å². The molecule has 0 unspecified atom stereocenters. The van der Waals surface area contributed by atoms with E-state index in [1.165, 1.54) is 0 Å². The van der Waals surface area contributed by atoms with Gasteiger partial charge in [-0.05, 0) is 22.0 Å². The monoisotopic (exact) mass is 278 g/mol. The third kappa shape index (κ3) is 2.37. The van der Waals surface area contributed by atoms with Gasteiger partial charge in [-0.15, -0.1) is 0 Å². The number of hydrogen-bond donors (Lipinski definition) is 2. The van der Waals surface area contributed by atoms with Crippen molar-refractivity contribution in [2.24, 2.45) is 0 Å². The number of amides is 1. The van der Waals surface area contributed by atoms with Crippen molar-refractivity contribution in [1.29, 1.82) is 0 Å². The van der Waals surface area contributed by atoms with Crippen molar-refractivity contribution in [3.63, 3.8) is 0 Å². The zero-order valence-electron chi connectivity index (χ0n) is 7.69. The van der Waals surface area contributed by atoms with Crippen LogP contribution in [0.25, 0.3) is 0 Å². The summed E-state index contributed by atoms with van der Waals surface area (Å²) in [5, 5.41) is 2.53. The van der Waals surface area contributed by atoms with Crippen molar-refractivity contribution < 1.29 is 13.6 Å². The zero-order chi connectivity index (χ0) is 11.1. The molecule has 1 aromatic heterocycles. The number of nitrogens with one attached hydrogen (secondary N) is 2. The maximum absolute atomic E-state index is 12.5. The van der Waals surface area contributed by atoms with E-state index in [9.17, 15) is 13.6 Å². The Bertz CT molecular complexity index is 383. The summed E-state index contributed by atoms with van der Waals surface area (Å²) < 4.78 is 25.7. The average Bonchev–Trinajstić information content (AvgIpc) is 2.48. The summed E-state index contributed by atoms with van der Waals surface area (Å²) in [5.74, 6) is -2.95. The Labute approximate surface area is 93.4 Å². The Kier molecular flexibility index (Phi) is 2.54. The molecule has 0 bridgehead atoms. The molecule has 3 nitrogen and oxygen atoms in total. The molecule has 1 aliphatic rings. The van der Waals surface area contributed by atoms with Gasteiger partial charge in [0.2, 0.25) is 0 Å². The largest absolute Gasteiger partial charge is 0.356 e. The number of carbonyl (C=O) groups excluding carboxylic acids is 1.